The molecule has 2 fully saturated rings. The molecule has 0 N–H and O–H groups in total. The largest absolute Gasteiger partial charge is 0.304 e. The molecule has 0 aromatic heterocycles. The molecule has 5 nitrogen and oxygen atoms in total. The van der Waals surface area contributed by atoms with Gasteiger partial charge in [-0.15, -0.1) is 0 Å². The Morgan fingerprint density at radius 1 is 0.364 bits per heavy atom. The summed E-state index contributed by atoms with van der Waals surface area (Å²) in [6.07, 6.45) is 2.69. The Bertz CT molecular complexity index is 271. The van der Waals surface area contributed by atoms with Crippen molar-refractivity contribution in [3.63, 3.8) is 0 Å². The zero-order valence-electron chi connectivity index (χ0n) is 15.1. The molecule has 2 atom stereocenters. The van der Waals surface area contributed by atoms with E-state index >= 15 is 0 Å². The van der Waals surface area contributed by atoms with Crippen molar-refractivity contribution in [2.45, 2.75) is 12.8 Å². The molecule has 2 aliphatic heterocycles. The van der Waals surface area contributed by atoms with Crippen LogP contribution in [0.3, 0.4) is 0 Å². The highest BCUT2D eigenvalue weighted by Crippen LogP contribution is 2.04. The first-order valence-corrected chi connectivity index (χ1v) is 9.14. The SMILES string of the molecule is CN1CCN(C)CCN2CCCCN(CC1)CCN(C)CC2. The summed E-state index contributed by atoms with van der Waals surface area (Å²) >= 11 is 0. The lowest BCUT2D eigenvalue weighted by Crippen LogP contribution is -2.40. The molecule has 22 heavy (non-hydrogen) atoms. The van der Waals surface area contributed by atoms with E-state index in [0.717, 1.165) is 0 Å². The van der Waals surface area contributed by atoms with Gasteiger partial charge in [0.15, 0.2) is 0 Å². The van der Waals surface area contributed by atoms with Crippen LogP contribution in [-0.2, 0) is 0 Å². The zero-order valence-corrected chi connectivity index (χ0v) is 15.1. The van der Waals surface area contributed by atoms with E-state index in [-0.39, 0.29) is 0 Å². The minimum atomic E-state index is 1.18. The Hall–Kier alpha value is -0.200. The van der Waals surface area contributed by atoms with Crippen LogP contribution in [0.4, 0.5) is 0 Å². The number of likely N-dealkylation sites (N-methyl/N-ethyl adjacent to an activating group) is 3. The first-order chi connectivity index (χ1) is 10.6. The van der Waals surface area contributed by atoms with E-state index in [4.69, 9.17) is 0 Å². The number of hydrogen-bond donors (Lipinski definition) is 0. The van der Waals surface area contributed by atoms with Crippen LogP contribution >= 0.6 is 0 Å². The third kappa shape index (κ3) is 6.92. The van der Waals surface area contributed by atoms with Crippen molar-refractivity contribution >= 4 is 0 Å². The minimum absolute atomic E-state index is 1.18. The average Bonchev–Trinajstić information content (AvgIpc) is 2.55. The van der Waals surface area contributed by atoms with Gasteiger partial charge in [-0.1, -0.05) is 0 Å². The Morgan fingerprint density at radius 3 is 0.955 bits per heavy atom. The predicted octanol–water partition coefficient (Wildman–Crippen LogP) is 0.193. The molecule has 2 bridgehead atoms. The van der Waals surface area contributed by atoms with Crippen molar-refractivity contribution in [2.75, 3.05) is 99.7 Å². The van der Waals surface area contributed by atoms with Gasteiger partial charge in [-0.25, -0.2) is 0 Å². The van der Waals surface area contributed by atoms with E-state index in [1.165, 1.54) is 91.4 Å². The monoisotopic (exact) mass is 311 g/mol. The lowest BCUT2D eigenvalue weighted by molar-refractivity contribution is 0.184. The lowest BCUT2D eigenvalue weighted by Gasteiger charge is -2.28. The summed E-state index contributed by atoms with van der Waals surface area (Å²) in [6.45, 7) is 14.6. The van der Waals surface area contributed by atoms with Crippen molar-refractivity contribution in [3.8, 4) is 0 Å². The van der Waals surface area contributed by atoms with Crippen LogP contribution in [0.15, 0.2) is 0 Å². The van der Waals surface area contributed by atoms with E-state index in [0.29, 0.717) is 0 Å². The first-order valence-electron chi connectivity index (χ1n) is 9.14. The molecular formula is C17H37N5. The predicted molar refractivity (Wildman–Crippen MR) is 94.6 cm³/mol. The number of rotatable bonds is 0. The van der Waals surface area contributed by atoms with Gasteiger partial charge < -0.3 is 24.5 Å². The number of nitrogens with zero attached hydrogens (tertiary/aromatic N) is 5. The van der Waals surface area contributed by atoms with Crippen LogP contribution in [0.2, 0.25) is 0 Å². The number of hydrogen-bond acceptors (Lipinski definition) is 5. The quantitative estimate of drug-likeness (QED) is 0.633. The van der Waals surface area contributed by atoms with Crippen molar-refractivity contribution in [1.29, 1.82) is 0 Å². The average molecular weight is 312 g/mol. The minimum Gasteiger partial charge on any atom is -0.304 e. The first kappa shape index (κ1) is 18.1. The summed E-state index contributed by atoms with van der Waals surface area (Å²) in [6, 6.07) is 0. The van der Waals surface area contributed by atoms with Gasteiger partial charge in [0.05, 0.1) is 0 Å². The smallest absolute Gasteiger partial charge is 0.0110 e. The molecule has 0 spiro atoms. The highest BCUT2D eigenvalue weighted by atomic mass is 15.3. The highest BCUT2D eigenvalue weighted by Gasteiger charge is 2.14. The fourth-order valence-corrected chi connectivity index (χ4v) is 3.27. The van der Waals surface area contributed by atoms with E-state index in [2.05, 4.69) is 45.6 Å². The maximum absolute atomic E-state index is 2.68. The van der Waals surface area contributed by atoms with Gasteiger partial charge in [0.2, 0.25) is 0 Å². The Labute approximate surface area is 137 Å². The molecule has 130 valence electrons. The second-order valence-corrected chi connectivity index (χ2v) is 7.30. The summed E-state index contributed by atoms with van der Waals surface area (Å²) in [7, 11) is 6.83. The van der Waals surface area contributed by atoms with Gasteiger partial charge in [0.25, 0.3) is 0 Å². The maximum atomic E-state index is 2.68. The van der Waals surface area contributed by atoms with E-state index < -0.39 is 0 Å². The molecule has 0 radical (unpaired) electrons. The number of fused-ring (bicyclic) bond motifs is 5. The molecule has 0 saturated carbocycles. The van der Waals surface area contributed by atoms with Crippen LogP contribution in [0, 0.1) is 0 Å². The van der Waals surface area contributed by atoms with Crippen LogP contribution in [0.25, 0.3) is 0 Å². The molecule has 5 heteroatoms. The fourth-order valence-electron chi connectivity index (χ4n) is 3.27. The van der Waals surface area contributed by atoms with Gasteiger partial charge in [-0.3, -0.25) is 0 Å². The normalized spacial score (nSPS) is 32.9. The molecule has 0 amide bonds. The Morgan fingerprint density at radius 2 is 0.636 bits per heavy atom. The van der Waals surface area contributed by atoms with Gasteiger partial charge in [0.1, 0.15) is 0 Å². The molecule has 0 aromatic carbocycles. The summed E-state index contributed by atoms with van der Waals surface area (Å²) in [5.74, 6) is 0. The van der Waals surface area contributed by atoms with Crippen molar-refractivity contribution in [1.82, 2.24) is 24.5 Å². The molecule has 2 rings (SSSR count). The molecule has 2 aliphatic rings. The van der Waals surface area contributed by atoms with Gasteiger partial charge in [-0.05, 0) is 47.1 Å². The van der Waals surface area contributed by atoms with Crippen molar-refractivity contribution < 1.29 is 0 Å². The van der Waals surface area contributed by atoms with Crippen LogP contribution in [0.1, 0.15) is 12.8 Å². The molecule has 0 aliphatic carbocycles. The standard InChI is InChI=1S/C17H37N5/c1-18-8-9-19(2)11-15-22-7-5-4-6-21(14-10-18)16-12-20(3)13-17-22/h4-17H2,1-3H3. The van der Waals surface area contributed by atoms with Gasteiger partial charge >= 0.3 is 0 Å². The Balaban J connectivity index is 2.01. The second kappa shape index (κ2) is 9.83. The molecule has 0 aromatic rings. The third-order valence-electron chi connectivity index (χ3n) is 5.25. The van der Waals surface area contributed by atoms with Crippen LogP contribution < -0.4 is 0 Å². The molecule has 2 heterocycles. The van der Waals surface area contributed by atoms with Crippen molar-refractivity contribution in [2.24, 2.45) is 0 Å². The second-order valence-electron chi connectivity index (χ2n) is 7.30. The topological polar surface area (TPSA) is 16.2 Å². The third-order valence-corrected chi connectivity index (χ3v) is 5.25. The van der Waals surface area contributed by atoms with E-state index in [9.17, 15) is 0 Å². The zero-order chi connectivity index (χ0) is 15.8. The fraction of sp³-hybridized carbons (Fsp3) is 1.00. The Kier molecular flexibility index (Phi) is 8.11. The van der Waals surface area contributed by atoms with Crippen LogP contribution in [0.5, 0.6) is 0 Å². The summed E-state index contributed by atoms with van der Waals surface area (Å²) in [4.78, 5) is 12.9. The summed E-state index contributed by atoms with van der Waals surface area (Å²) in [5.41, 5.74) is 0. The van der Waals surface area contributed by atoms with Gasteiger partial charge in [0, 0.05) is 65.4 Å². The summed E-state index contributed by atoms with van der Waals surface area (Å²) < 4.78 is 0. The molecule has 2 saturated heterocycles. The summed E-state index contributed by atoms with van der Waals surface area (Å²) in [5, 5.41) is 0. The highest BCUT2D eigenvalue weighted by molar-refractivity contribution is 4.71. The van der Waals surface area contributed by atoms with Crippen LogP contribution in [-0.4, -0.2) is 124 Å². The van der Waals surface area contributed by atoms with Crippen molar-refractivity contribution in [3.05, 3.63) is 0 Å². The van der Waals surface area contributed by atoms with E-state index in [1.807, 2.05) is 0 Å². The molecular weight excluding hydrogens is 274 g/mol. The van der Waals surface area contributed by atoms with Gasteiger partial charge in [-0.2, -0.15) is 0 Å². The van der Waals surface area contributed by atoms with E-state index in [1.54, 1.807) is 0 Å². The lowest BCUT2D eigenvalue weighted by atomic mass is 10.2. The maximum Gasteiger partial charge on any atom is 0.0110 e. The molecule has 2 unspecified atom stereocenters.